The fraction of sp³-hybridized carbons (Fsp3) is 0.636. The minimum atomic E-state index is -0.738. The third-order valence-electron chi connectivity index (χ3n) is 2.11. The van der Waals surface area contributed by atoms with Gasteiger partial charge in [0.1, 0.15) is 0 Å². The highest BCUT2D eigenvalue weighted by Gasteiger charge is 2.05. The number of nitrogens with zero attached hydrogens (tertiary/aromatic N) is 1. The number of nitrogens with one attached hydrogen (secondary N) is 1. The van der Waals surface area contributed by atoms with Gasteiger partial charge in [0.15, 0.2) is 0 Å². The van der Waals surface area contributed by atoms with Gasteiger partial charge in [-0.25, -0.2) is 4.98 Å². The number of aliphatic carboxylic acids is 1. The molecular weight excluding hydrogens is 224 g/mol. The van der Waals surface area contributed by atoms with Crippen LogP contribution in [-0.2, 0) is 11.3 Å². The van der Waals surface area contributed by atoms with Gasteiger partial charge in [-0.15, -0.1) is 11.3 Å². The van der Waals surface area contributed by atoms with E-state index in [1.807, 2.05) is 0 Å². The van der Waals surface area contributed by atoms with Gasteiger partial charge < -0.3 is 10.4 Å². The van der Waals surface area contributed by atoms with Crippen LogP contribution in [0.1, 0.15) is 43.3 Å². The van der Waals surface area contributed by atoms with Crippen LogP contribution in [0.25, 0.3) is 0 Å². The van der Waals surface area contributed by atoms with Crippen molar-refractivity contribution < 1.29 is 9.90 Å². The summed E-state index contributed by atoms with van der Waals surface area (Å²) in [6, 6.07) is 0. The molecule has 1 aromatic rings. The molecule has 1 rings (SSSR count). The molecule has 0 aliphatic rings. The van der Waals surface area contributed by atoms with Gasteiger partial charge in [0.25, 0.3) is 0 Å². The van der Waals surface area contributed by atoms with Crippen LogP contribution in [0.3, 0.4) is 0 Å². The fourth-order valence-corrected chi connectivity index (χ4v) is 2.09. The van der Waals surface area contributed by atoms with Crippen LogP contribution in [0.5, 0.6) is 0 Å². The number of carboxylic acids is 1. The van der Waals surface area contributed by atoms with Crippen molar-refractivity contribution in [1.82, 2.24) is 10.3 Å². The molecule has 0 spiro atoms. The molecule has 0 aliphatic carbocycles. The molecule has 0 aliphatic heterocycles. The third-order valence-corrected chi connectivity index (χ3v) is 3.31. The Morgan fingerprint density at radius 3 is 2.94 bits per heavy atom. The molecule has 90 valence electrons. The second-order valence-electron chi connectivity index (χ2n) is 4.01. The fourth-order valence-electron chi connectivity index (χ4n) is 1.25. The van der Waals surface area contributed by atoms with E-state index in [4.69, 9.17) is 5.11 Å². The summed E-state index contributed by atoms with van der Waals surface area (Å²) in [5.41, 5.74) is 1.05. The number of thiazole rings is 1. The summed E-state index contributed by atoms with van der Waals surface area (Å²) in [6.45, 7) is 5.70. The molecular formula is C11H18N2O2S. The molecule has 0 fully saturated rings. The van der Waals surface area contributed by atoms with Crippen LogP contribution in [0.2, 0.25) is 0 Å². The summed E-state index contributed by atoms with van der Waals surface area (Å²) in [7, 11) is 0. The highest BCUT2D eigenvalue weighted by Crippen LogP contribution is 2.18. The third kappa shape index (κ3) is 4.72. The van der Waals surface area contributed by atoms with E-state index in [1.54, 1.807) is 11.3 Å². The molecule has 0 amide bonds. The topological polar surface area (TPSA) is 62.2 Å². The Labute approximate surface area is 99.7 Å². The number of hydrogen-bond donors (Lipinski definition) is 2. The molecule has 4 nitrogen and oxygen atoms in total. The standard InChI is InChI=1S/C11H18N2O2S/c1-8(2)11-13-9(7-16-11)6-12-5-3-4-10(14)15/h7-8,12H,3-6H2,1-2H3,(H,14,15). The van der Waals surface area contributed by atoms with Gasteiger partial charge >= 0.3 is 5.97 Å². The van der Waals surface area contributed by atoms with Crippen LogP contribution >= 0.6 is 11.3 Å². The van der Waals surface area contributed by atoms with Gasteiger partial charge in [-0.2, -0.15) is 0 Å². The van der Waals surface area contributed by atoms with E-state index in [2.05, 4.69) is 29.5 Å². The van der Waals surface area contributed by atoms with Crippen molar-refractivity contribution in [2.24, 2.45) is 0 Å². The normalized spacial score (nSPS) is 10.9. The minimum Gasteiger partial charge on any atom is -0.481 e. The van der Waals surface area contributed by atoms with Gasteiger partial charge in [-0.05, 0) is 13.0 Å². The summed E-state index contributed by atoms with van der Waals surface area (Å²) >= 11 is 1.68. The lowest BCUT2D eigenvalue weighted by atomic mass is 10.2. The number of aromatic nitrogens is 1. The Kier molecular flexibility index (Phi) is 5.42. The molecule has 0 unspecified atom stereocenters. The average Bonchev–Trinajstić information content (AvgIpc) is 2.65. The molecule has 5 heteroatoms. The van der Waals surface area contributed by atoms with Gasteiger partial charge in [0.2, 0.25) is 0 Å². The van der Waals surface area contributed by atoms with Crippen LogP contribution in [0.4, 0.5) is 0 Å². The van der Waals surface area contributed by atoms with Crippen molar-refractivity contribution in [3.05, 3.63) is 16.1 Å². The van der Waals surface area contributed by atoms with Gasteiger partial charge in [0.05, 0.1) is 10.7 Å². The van der Waals surface area contributed by atoms with Crippen LogP contribution < -0.4 is 5.32 Å². The van der Waals surface area contributed by atoms with Crippen molar-refractivity contribution in [2.45, 2.75) is 39.2 Å². The molecule has 0 radical (unpaired) electrons. The van der Waals surface area contributed by atoms with Gasteiger partial charge in [-0.1, -0.05) is 13.8 Å². The predicted molar refractivity (Wildman–Crippen MR) is 64.8 cm³/mol. The molecule has 0 saturated heterocycles. The smallest absolute Gasteiger partial charge is 0.303 e. The average molecular weight is 242 g/mol. The zero-order valence-corrected chi connectivity index (χ0v) is 10.5. The van der Waals surface area contributed by atoms with Gasteiger partial charge in [-0.3, -0.25) is 4.79 Å². The lowest BCUT2D eigenvalue weighted by molar-refractivity contribution is -0.137. The zero-order chi connectivity index (χ0) is 12.0. The SMILES string of the molecule is CC(C)c1nc(CNCCCC(=O)O)cs1. The number of hydrogen-bond acceptors (Lipinski definition) is 4. The summed E-state index contributed by atoms with van der Waals surface area (Å²) in [5, 5.41) is 14.9. The maximum Gasteiger partial charge on any atom is 0.303 e. The summed E-state index contributed by atoms with van der Waals surface area (Å²) in [5.74, 6) is -0.261. The first kappa shape index (κ1) is 13.1. The van der Waals surface area contributed by atoms with E-state index >= 15 is 0 Å². The van der Waals surface area contributed by atoms with Crippen molar-refractivity contribution in [1.29, 1.82) is 0 Å². The highest BCUT2D eigenvalue weighted by atomic mass is 32.1. The minimum absolute atomic E-state index is 0.224. The molecule has 0 saturated carbocycles. The first-order valence-corrected chi connectivity index (χ1v) is 6.34. The second kappa shape index (κ2) is 6.60. The molecule has 0 bridgehead atoms. The summed E-state index contributed by atoms with van der Waals surface area (Å²) in [6.07, 6.45) is 0.887. The lowest BCUT2D eigenvalue weighted by Gasteiger charge is -2.01. The number of carbonyl (C=O) groups is 1. The second-order valence-corrected chi connectivity index (χ2v) is 4.90. The van der Waals surface area contributed by atoms with E-state index < -0.39 is 5.97 Å². The van der Waals surface area contributed by atoms with Crippen LogP contribution in [0.15, 0.2) is 5.38 Å². The van der Waals surface area contributed by atoms with Crippen molar-refractivity contribution in [3.8, 4) is 0 Å². The Balaban J connectivity index is 2.19. The maximum absolute atomic E-state index is 10.3. The molecule has 0 atom stereocenters. The Hall–Kier alpha value is -0.940. The highest BCUT2D eigenvalue weighted by molar-refractivity contribution is 7.09. The van der Waals surface area contributed by atoms with Crippen molar-refractivity contribution in [3.63, 3.8) is 0 Å². The number of carboxylic acid groups (broad SMARTS) is 1. The first-order valence-electron chi connectivity index (χ1n) is 5.46. The first-order chi connectivity index (χ1) is 7.59. The van der Waals surface area contributed by atoms with E-state index in [1.165, 1.54) is 0 Å². The van der Waals surface area contributed by atoms with E-state index in [0.717, 1.165) is 23.8 Å². The Bertz CT molecular complexity index is 336. The molecule has 1 aromatic heterocycles. The zero-order valence-electron chi connectivity index (χ0n) is 9.69. The van der Waals surface area contributed by atoms with E-state index in [9.17, 15) is 4.79 Å². The van der Waals surface area contributed by atoms with E-state index in [0.29, 0.717) is 12.3 Å². The van der Waals surface area contributed by atoms with Crippen molar-refractivity contribution in [2.75, 3.05) is 6.54 Å². The molecule has 16 heavy (non-hydrogen) atoms. The lowest BCUT2D eigenvalue weighted by Crippen LogP contribution is -2.16. The maximum atomic E-state index is 10.3. The quantitative estimate of drug-likeness (QED) is 0.720. The Morgan fingerprint density at radius 1 is 1.62 bits per heavy atom. The number of rotatable bonds is 7. The van der Waals surface area contributed by atoms with Crippen LogP contribution in [-0.4, -0.2) is 22.6 Å². The molecule has 1 heterocycles. The summed E-state index contributed by atoms with van der Waals surface area (Å²) in [4.78, 5) is 14.8. The summed E-state index contributed by atoms with van der Waals surface area (Å²) < 4.78 is 0. The van der Waals surface area contributed by atoms with Crippen LogP contribution in [0, 0.1) is 0 Å². The Morgan fingerprint density at radius 2 is 2.38 bits per heavy atom. The van der Waals surface area contributed by atoms with E-state index in [-0.39, 0.29) is 6.42 Å². The monoisotopic (exact) mass is 242 g/mol. The largest absolute Gasteiger partial charge is 0.481 e. The van der Waals surface area contributed by atoms with Gasteiger partial charge in [0, 0.05) is 24.3 Å². The van der Waals surface area contributed by atoms with Crippen molar-refractivity contribution >= 4 is 17.3 Å². The molecule has 0 aromatic carbocycles. The molecule has 2 N–H and O–H groups in total. The predicted octanol–water partition coefficient (Wildman–Crippen LogP) is 2.22.